The zero-order valence-corrected chi connectivity index (χ0v) is 32.7. The van der Waals surface area contributed by atoms with Gasteiger partial charge in [-0.1, -0.05) is 218 Å². The summed E-state index contributed by atoms with van der Waals surface area (Å²) in [5, 5.41) is 7.10. The number of benzene rings is 10. The van der Waals surface area contributed by atoms with Gasteiger partial charge >= 0.3 is 0 Å². The molecule has 60 heavy (non-hydrogen) atoms. The molecule has 0 N–H and O–H groups in total. The highest BCUT2D eigenvalue weighted by molar-refractivity contribution is 6.06. The summed E-state index contributed by atoms with van der Waals surface area (Å²) in [4.78, 5) is 15.7. The summed E-state index contributed by atoms with van der Waals surface area (Å²) in [7, 11) is 0. The van der Waals surface area contributed by atoms with Crippen molar-refractivity contribution < 1.29 is 0 Å². The smallest absolute Gasteiger partial charge is 0.164 e. The lowest BCUT2D eigenvalue weighted by Crippen LogP contribution is -2.01. The number of rotatable bonds is 7. The van der Waals surface area contributed by atoms with Gasteiger partial charge in [0.25, 0.3) is 0 Å². The molecule has 280 valence electrons. The highest BCUT2D eigenvalue weighted by atomic mass is 15.0. The Balaban J connectivity index is 1.07. The average Bonchev–Trinajstić information content (AvgIpc) is 3.33. The standard InChI is InChI=1S/C57H37N3/c1-3-15-38(16-4-1)47-27-13-29-53-52(47)28-14-30-54(53)57-59-55(42-33-31-41(32-34-42)46-26-12-20-40-19-7-8-23-45(40)46)58-56(60-57)44-22-11-21-43(37-44)49-36-35-48(39-17-5-2-6-18-39)50-24-9-10-25-51(49)50/h1-37H. The molecule has 11 rings (SSSR count). The van der Waals surface area contributed by atoms with Crippen molar-refractivity contribution in [2.75, 3.05) is 0 Å². The van der Waals surface area contributed by atoms with Gasteiger partial charge in [0.15, 0.2) is 17.5 Å². The predicted octanol–water partition coefficient (Wildman–Crippen LogP) is 15.0. The third-order valence-electron chi connectivity index (χ3n) is 11.6. The summed E-state index contributed by atoms with van der Waals surface area (Å²) in [6.45, 7) is 0. The molecule has 0 amide bonds. The first kappa shape index (κ1) is 35.2. The zero-order valence-electron chi connectivity index (χ0n) is 32.7. The van der Waals surface area contributed by atoms with Crippen LogP contribution in [0.2, 0.25) is 0 Å². The van der Waals surface area contributed by atoms with E-state index >= 15 is 0 Å². The van der Waals surface area contributed by atoms with E-state index in [2.05, 4.69) is 224 Å². The van der Waals surface area contributed by atoms with E-state index in [1.54, 1.807) is 0 Å². The van der Waals surface area contributed by atoms with Gasteiger partial charge in [-0.2, -0.15) is 0 Å². The highest BCUT2D eigenvalue weighted by Gasteiger charge is 2.17. The Morgan fingerprint density at radius 1 is 0.200 bits per heavy atom. The predicted molar refractivity (Wildman–Crippen MR) is 250 cm³/mol. The second kappa shape index (κ2) is 15.1. The first-order valence-electron chi connectivity index (χ1n) is 20.4. The van der Waals surface area contributed by atoms with E-state index in [1.165, 1.54) is 49.4 Å². The molecule has 0 spiro atoms. The average molecular weight is 764 g/mol. The van der Waals surface area contributed by atoms with Crippen LogP contribution >= 0.6 is 0 Å². The fourth-order valence-corrected chi connectivity index (χ4v) is 8.65. The quantitative estimate of drug-likeness (QED) is 0.162. The van der Waals surface area contributed by atoms with E-state index in [1.807, 2.05) is 0 Å². The molecule has 11 aromatic rings. The van der Waals surface area contributed by atoms with Gasteiger partial charge in [0, 0.05) is 16.7 Å². The van der Waals surface area contributed by atoms with Crippen LogP contribution in [0.4, 0.5) is 0 Å². The number of nitrogens with zero attached hydrogens (tertiary/aromatic N) is 3. The normalized spacial score (nSPS) is 11.3. The van der Waals surface area contributed by atoms with E-state index in [-0.39, 0.29) is 0 Å². The van der Waals surface area contributed by atoms with Gasteiger partial charge < -0.3 is 0 Å². The van der Waals surface area contributed by atoms with Gasteiger partial charge in [0.05, 0.1) is 0 Å². The minimum absolute atomic E-state index is 0.622. The van der Waals surface area contributed by atoms with Crippen molar-refractivity contribution in [1.82, 2.24) is 15.0 Å². The van der Waals surface area contributed by atoms with Crippen molar-refractivity contribution in [3.63, 3.8) is 0 Å². The molecule has 0 aliphatic heterocycles. The van der Waals surface area contributed by atoms with Gasteiger partial charge in [0.1, 0.15) is 0 Å². The van der Waals surface area contributed by atoms with Crippen LogP contribution < -0.4 is 0 Å². The monoisotopic (exact) mass is 763 g/mol. The molecule has 1 heterocycles. The zero-order chi connectivity index (χ0) is 39.8. The summed E-state index contributed by atoms with van der Waals surface area (Å²) in [5.74, 6) is 1.88. The largest absolute Gasteiger partial charge is 0.208 e. The molecule has 0 bridgehead atoms. The highest BCUT2D eigenvalue weighted by Crippen LogP contribution is 2.39. The maximum Gasteiger partial charge on any atom is 0.164 e. The summed E-state index contributed by atoms with van der Waals surface area (Å²) in [5.41, 5.74) is 12.2. The van der Waals surface area contributed by atoms with E-state index in [4.69, 9.17) is 15.0 Å². The van der Waals surface area contributed by atoms with Crippen molar-refractivity contribution in [3.8, 4) is 78.7 Å². The van der Waals surface area contributed by atoms with Crippen LogP contribution in [0.5, 0.6) is 0 Å². The molecule has 0 aliphatic carbocycles. The number of hydrogen-bond donors (Lipinski definition) is 0. The molecule has 1 aromatic heterocycles. The second-order valence-electron chi connectivity index (χ2n) is 15.1. The lowest BCUT2D eigenvalue weighted by atomic mass is 9.91. The Labute approximate surface area is 349 Å². The van der Waals surface area contributed by atoms with Crippen molar-refractivity contribution >= 4 is 32.3 Å². The molecule has 3 heteroatoms. The number of fused-ring (bicyclic) bond motifs is 3. The Bertz CT molecular complexity index is 3350. The van der Waals surface area contributed by atoms with Gasteiger partial charge in [-0.15, -0.1) is 0 Å². The third-order valence-corrected chi connectivity index (χ3v) is 11.6. The van der Waals surface area contributed by atoms with Crippen LogP contribution in [-0.4, -0.2) is 15.0 Å². The Morgan fingerprint density at radius 2 is 0.567 bits per heavy atom. The van der Waals surface area contributed by atoms with Gasteiger partial charge in [0.2, 0.25) is 0 Å². The van der Waals surface area contributed by atoms with Crippen LogP contribution in [0.15, 0.2) is 224 Å². The third kappa shape index (κ3) is 6.39. The molecular weight excluding hydrogens is 727 g/mol. The van der Waals surface area contributed by atoms with Crippen LogP contribution in [0.3, 0.4) is 0 Å². The van der Waals surface area contributed by atoms with Crippen LogP contribution in [-0.2, 0) is 0 Å². The molecule has 0 atom stereocenters. The Kier molecular flexibility index (Phi) is 8.83. The van der Waals surface area contributed by atoms with Crippen molar-refractivity contribution in [2.45, 2.75) is 0 Å². The fraction of sp³-hybridized carbons (Fsp3) is 0. The fourth-order valence-electron chi connectivity index (χ4n) is 8.65. The van der Waals surface area contributed by atoms with Gasteiger partial charge in [-0.25, -0.2) is 15.0 Å². The molecule has 0 fully saturated rings. The maximum absolute atomic E-state index is 5.28. The van der Waals surface area contributed by atoms with Crippen molar-refractivity contribution in [1.29, 1.82) is 0 Å². The minimum atomic E-state index is 0.622. The van der Waals surface area contributed by atoms with Crippen LogP contribution in [0.1, 0.15) is 0 Å². The SMILES string of the molecule is c1ccc(-c2ccc(-c3cccc(-c4nc(-c5ccc(-c6cccc7ccccc67)cc5)nc(-c5cccc6c(-c7ccccc7)cccc56)n4)c3)c3ccccc23)cc1. The Morgan fingerprint density at radius 3 is 1.23 bits per heavy atom. The molecule has 3 nitrogen and oxygen atoms in total. The van der Waals surface area contributed by atoms with E-state index < -0.39 is 0 Å². The first-order valence-corrected chi connectivity index (χ1v) is 20.4. The number of aromatic nitrogens is 3. The Hall–Kier alpha value is -8.01. The van der Waals surface area contributed by atoms with Crippen LogP contribution in [0.25, 0.3) is 111 Å². The summed E-state index contributed by atoms with van der Waals surface area (Å²) in [6.07, 6.45) is 0. The topological polar surface area (TPSA) is 38.7 Å². The first-order chi connectivity index (χ1) is 29.7. The molecule has 0 saturated carbocycles. The molecule has 0 unspecified atom stereocenters. The minimum Gasteiger partial charge on any atom is -0.208 e. The van der Waals surface area contributed by atoms with E-state index in [9.17, 15) is 0 Å². The molecule has 10 aromatic carbocycles. The number of hydrogen-bond acceptors (Lipinski definition) is 3. The van der Waals surface area contributed by atoms with Crippen LogP contribution in [0, 0.1) is 0 Å². The summed E-state index contributed by atoms with van der Waals surface area (Å²) >= 11 is 0. The van der Waals surface area contributed by atoms with Crippen molar-refractivity contribution in [2.24, 2.45) is 0 Å². The van der Waals surface area contributed by atoms with Gasteiger partial charge in [-0.05, 0) is 82.9 Å². The lowest BCUT2D eigenvalue weighted by molar-refractivity contribution is 1.08. The lowest BCUT2D eigenvalue weighted by Gasteiger charge is -2.14. The maximum atomic E-state index is 5.28. The summed E-state index contributed by atoms with van der Waals surface area (Å²) in [6, 6.07) is 79.4. The molecular formula is C57H37N3. The van der Waals surface area contributed by atoms with E-state index in [0.29, 0.717) is 17.5 Å². The second-order valence-corrected chi connectivity index (χ2v) is 15.1. The summed E-state index contributed by atoms with van der Waals surface area (Å²) < 4.78 is 0. The molecule has 0 radical (unpaired) electrons. The molecule has 0 aliphatic rings. The van der Waals surface area contributed by atoms with Crippen molar-refractivity contribution in [3.05, 3.63) is 224 Å². The van der Waals surface area contributed by atoms with Gasteiger partial charge in [-0.3, -0.25) is 0 Å². The van der Waals surface area contributed by atoms with E-state index in [0.717, 1.165) is 44.2 Å². The molecule has 0 saturated heterocycles.